The lowest BCUT2D eigenvalue weighted by Crippen LogP contribution is -2.50. The first kappa shape index (κ1) is 24.7. The van der Waals surface area contributed by atoms with E-state index in [-0.39, 0.29) is 11.8 Å². The van der Waals surface area contributed by atoms with Crippen LogP contribution in [-0.4, -0.2) is 43.6 Å². The van der Waals surface area contributed by atoms with E-state index in [1.807, 2.05) is 79.4 Å². The SMILES string of the molecule is CCOc1cc2c(cc1OCC)[C@H]1[C@H](C(=O)NCc3cccc(OC)c3)c3ccccc3C(=O)N1CC2. The van der Waals surface area contributed by atoms with Gasteiger partial charge in [0.2, 0.25) is 5.91 Å². The summed E-state index contributed by atoms with van der Waals surface area (Å²) in [6.07, 6.45) is 0.685. The standard InChI is InChI=1S/C30H32N2O5/c1-4-36-25-16-20-13-14-32-28(24(20)17-26(25)37-5-2)27(22-11-6-7-12-23(22)30(32)34)29(33)31-18-19-9-8-10-21(15-19)35-3/h6-12,15-17,27-28H,4-5,13-14,18H2,1-3H3,(H,31,33)/t27-,28+/m1/s1. The van der Waals surface area contributed by atoms with E-state index in [1.54, 1.807) is 7.11 Å². The summed E-state index contributed by atoms with van der Waals surface area (Å²) >= 11 is 0. The quantitative estimate of drug-likeness (QED) is 0.487. The monoisotopic (exact) mass is 500 g/mol. The molecule has 7 nitrogen and oxygen atoms in total. The van der Waals surface area contributed by atoms with Crippen LogP contribution in [0.4, 0.5) is 0 Å². The van der Waals surface area contributed by atoms with E-state index in [0.29, 0.717) is 49.8 Å². The molecule has 3 aromatic rings. The topological polar surface area (TPSA) is 77.1 Å². The Kier molecular flexibility index (Phi) is 7.04. The van der Waals surface area contributed by atoms with E-state index in [4.69, 9.17) is 14.2 Å². The van der Waals surface area contributed by atoms with E-state index in [9.17, 15) is 9.59 Å². The van der Waals surface area contributed by atoms with Gasteiger partial charge in [-0.3, -0.25) is 9.59 Å². The summed E-state index contributed by atoms with van der Waals surface area (Å²) in [6, 6.07) is 18.6. The molecule has 2 aliphatic rings. The van der Waals surface area contributed by atoms with Gasteiger partial charge >= 0.3 is 0 Å². The number of benzene rings is 3. The molecule has 0 aliphatic carbocycles. The number of nitrogens with zero attached hydrogens (tertiary/aromatic N) is 1. The zero-order chi connectivity index (χ0) is 25.9. The molecule has 2 atom stereocenters. The average molecular weight is 501 g/mol. The fourth-order valence-electron chi connectivity index (χ4n) is 5.44. The third-order valence-corrected chi connectivity index (χ3v) is 7.07. The van der Waals surface area contributed by atoms with E-state index < -0.39 is 12.0 Å². The first-order valence-electron chi connectivity index (χ1n) is 12.8. The van der Waals surface area contributed by atoms with Crippen LogP contribution >= 0.6 is 0 Å². The Labute approximate surface area is 217 Å². The molecule has 0 spiro atoms. The summed E-state index contributed by atoms with van der Waals surface area (Å²) in [6.45, 7) is 5.77. The lowest BCUT2D eigenvalue weighted by Gasteiger charge is -2.45. The highest BCUT2D eigenvalue weighted by molar-refractivity contribution is 6.01. The van der Waals surface area contributed by atoms with Gasteiger partial charge in [-0.25, -0.2) is 0 Å². The number of ether oxygens (including phenoxy) is 3. The molecule has 2 heterocycles. The minimum Gasteiger partial charge on any atom is -0.497 e. The number of methoxy groups -OCH3 is 1. The number of carbonyl (C=O) groups is 2. The molecular formula is C30H32N2O5. The van der Waals surface area contributed by atoms with Gasteiger partial charge in [-0.05, 0) is 72.9 Å². The summed E-state index contributed by atoms with van der Waals surface area (Å²) < 4.78 is 17.1. The van der Waals surface area contributed by atoms with Gasteiger partial charge in [0.25, 0.3) is 5.91 Å². The highest BCUT2D eigenvalue weighted by Gasteiger charge is 2.46. The van der Waals surface area contributed by atoms with E-state index >= 15 is 0 Å². The van der Waals surface area contributed by atoms with Gasteiger partial charge in [-0.1, -0.05) is 30.3 Å². The van der Waals surface area contributed by atoms with E-state index in [1.165, 1.54) is 0 Å². The van der Waals surface area contributed by atoms with Crippen LogP contribution in [-0.2, 0) is 17.8 Å². The highest BCUT2D eigenvalue weighted by Crippen LogP contribution is 2.48. The second-order valence-electron chi connectivity index (χ2n) is 9.19. The van der Waals surface area contributed by atoms with Crippen molar-refractivity contribution in [2.75, 3.05) is 26.9 Å². The smallest absolute Gasteiger partial charge is 0.254 e. The van der Waals surface area contributed by atoms with Crippen molar-refractivity contribution in [2.45, 2.75) is 38.8 Å². The number of carbonyl (C=O) groups excluding carboxylic acids is 2. The van der Waals surface area contributed by atoms with Crippen LogP contribution in [0.3, 0.4) is 0 Å². The van der Waals surface area contributed by atoms with Crippen molar-refractivity contribution < 1.29 is 23.8 Å². The largest absolute Gasteiger partial charge is 0.497 e. The van der Waals surface area contributed by atoms with Crippen molar-refractivity contribution in [3.63, 3.8) is 0 Å². The summed E-state index contributed by atoms with van der Waals surface area (Å²) in [5.41, 5.74) is 4.28. The maximum atomic E-state index is 13.9. The summed E-state index contributed by atoms with van der Waals surface area (Å²) in [5.74, 6) is 1.32. The van der Waals surface area contributed by atoms with Crippen molar-refractivity contribution in [3.05, 3.63) is 88.5 Å². The Hall–Kier alpha value is -4.00. The fraction of sp³-hybridized carbons (Fsp3) is 0.333. The van der Waals surface area contributed by atoms with E-state index in [2.05, 4.69) is 5.32 Å². The number of amides is 2. The molecule has 0 fully saturated rings. The van der Waals surface area contributed by atoms with Gasteiger partial charge in [0.1, 0.15) is 5.75 Å². The summed E-state index contributed by atoms with van der Waals surface area (Å²) in [4.78, 5) is 29.3. The molecule has 0 unspecified atom stereocenters. The summed E-state index contributed by atoms with van der Waals surface area (Å²) in [7, 11) is 1.62. The van der Waals surface area contributed by atoms with Crippen LogP contribution in [0, 0.1) is 0 Å². The number of rotatable bonds is 8. The Morgan fingerprint density at radius 3 is 2.49 bits per heavy atom. The van der Waals surface area contributed by atoms with Crippen LogP contribution < -0.4 is 19.5 Å². The third kappa shape index (κ3) is 4.61. The predicted octanol–water partition coefficient (Wildman–Crippen LogP) is 4.65. The average Bonchev–Trinajstić information content (AvgIpc) is 2.92. The molecule has 7 heteroatoms. The van der Waals surface area contributed by atoms with Crippen molar-refractivity contribution in [1.82, 2.24) is 10.2 Å². The van der Waals surface area contributed by atoms with Gasteiger partial charge in [0.15, 0.2) is 11.5 Å². The predicted molar refractivity (Wildman–Crippen MR) is 140 cm³/mol. The van der Waals surface area contributed by atoms with Crippen LogP contribution in [0.1, 0.15) is 58.4 Å². The van der Waals surface area contributed by atoms with Crippen LogP contribution in [0.2, 0.25) is 0 Å². The normalized spacial score (nSPS) is 17.8. The lowest BCUT2D eigenvalue weighted by molar-refractivity contribution is -0.124. The van der Waals surface area contributed by atoms with Crippen LogP contribution in [0.25, 0.3) is 0 Å². The molecule has 0 radical (unpaired) electrons. The molecule has 37 heavy (non-hydrogen) atoms. The molecule has 192 valence electrons. The first-order chi connectivity index (χ1) is 18.0. The maximum Gasteiger partial charge on any atom is 0.254 e. The maximum absolute atomic E-state index is 13.9. The van der Waals surface area contributed by atoms with Crippen molar-refractivity contribution in [2.24, 2.45) is 0 Å². The molecule has 0 aromatic heterocycles. The highest BCUT2D eigenvalue weighted by atomic mass is 16.5. The number of hydrogen-bond acceptors (Lipinski definition) is 5. The Morgan fingerprint density at radius 1 is 0.973 bits per heavy atom. The Balaban J connectivity index is 1.56. The van der Waals surface area contributed by atoms with Gasteiger partial charge in [0, 0.05) is 18.7 Å². The number of nitrogens with one attached hydrogen (secondary N) is 1. The molecule has 0 saturated heterocycles. The minimum absolute atomic E-state index is 0.0464. The minimum atomic E-state index is -0.564. The third-order valence-electron chi connectivity index (χ3n) is 7.07. The molecular weight excluding hydrogens is 468 g/mol. The number of hydrogen-bond donors (Lipinski definition) is 1. The van der Waals surface area contributed by atoms with Crippen molar-refractivity contribution in [1.29, 1.82) is 0 Å². The second-order valence-corrected chi connectivity index (χ2v) is 9.19. The fourth-order valence-corrected chi connectivity index (χ4v) is 5.44. The molecule has 1 N–H and O–H groups in total. The van der Waals surface area contributed by atoms with Crippen molar-refractivity contribution >= 4 is 11.8 Å². The summed E-state index contributed by atoms with van der Waals surface area (Å²) in [5, 5.41) is 3.12. The molecule has 2 aliphatic heterocycles. The Morgan fingerprint density at radius 2 is 1.73 bits per heavy atom. The van der Waals surface area contributed by atoms with Crippen molar-refractivity contribution in [3.8, 4) is 17.2 Å². The lowest BCUT2D eigenvalue weighted by atomic mass is 9.75. The van der Waals surface area contributed by atoms with Crippen LogP contribution in [0.5, 0.6) is 17.2 Å². The zero-order valence-electron chi connectivity index (χ0n) is 21.5. The Bertz CT molecular complexity index is 1320. The van der Waals surface area contributed by atoms with Gasteiger partial charge < -0.3 is 24.4 Å². The van der Waals surface area contributed by atoms with Crippen LogP contribution in [0.15, 0.2) is 60.7 Å². The first-order valence-corrected chi connectivity index (χ1v) is 12.8. The molecule has 2 amide bonds. The molecule has 3 aromatic carbocycles. The van der Waals surface area contributed by atoms with Gasteiger partial charge in [0.05, 0.1) is 32.3 Å². The zero-order valence-corrected chi connectivity index (χ0v) is 21.5. The van der Waals surface area contributed by atoms with Gasteiger partial charge in [-0.2, -0.15) is 0 Å². The molecule has 5 rings (SSSR count). The van der Waals surface area contributed by atoms with E-state index in [0.717, 1.165) is 28.0 Å². The second kappa shape index (κ2) is 10.5. The molecule has 0 saturated carbocycles. The molecule has 0 bridgehead atoms. The van der Waals surface area contributed by atoms with Gasteiger partial charge in [-0.15, -0.1) is 0 Å². The number of fused-ring (bicyclic) bond motifs is 4.